The molecule has 3 amide bonds. The second kappa shape index (κ2) is 11.6. The van der Waals surface area contributed by atoms with Crippen LogP contribution in [0.15, 0.2) is 53.9 Å². The van der Waals surface area contributed by atoms with E-state index in [1.165, 1.54) is 23.3 Å². The number of nitrogen functional groups attached to an aromatic ring is 1. The van der Waals surface area contributed by atoms with Crippen molar-refractivity contribution < 1.29 is 23.5 Å². The van der Waals surface area contributed by atoms with Crippen molar-refractivity contribution >= 4 is 66.4 Å². The normalized spacial score (nSPS) is 19.4. The van der Waals surface area contributed by atoms with Crippen LogP contribution in [-0.4, -0.2) is 67.0 Å². The Kier molecular flexibility index (Phi) is 8.07. The van der Waals surface area contributed by atoms with Gasteiger partial charge in [-0.2, -0.15) is 0 Å². The number of alkyl halides is 1. The van der Waals surface area contributed by atoms with Crippen LogP contribution in [0, 0.1) is 5.41 Å². The van der Waals surface area contributed by atoms with E-state index in [-0.39, 0.29) is 25.4 Å². The van der Waals surface area contributed by atoms with Gasteiger partial charge < -0.3 is 26.0 Å². The van der Waals surface area contributed by atoms with Gasteiger partial charge in [-0.3, -0.25) is 19.8 Å². The molecule has 3 heterocycles. The third-order valence-electron chi connectivity index (χ3n) is 7.17. The van der Waals surface area contributed by atoms with Crippen LogP contribution in [0.3, 0.4) is 0 Å². The van der Waals surface area contributed by atoms with Gasteiger partial charge in [0.1, 0.15) is 11.9 Å². The number of thiophene rings is 2. The number of nitrogens with zero attached hydrogens (tertiary/aromatic N) is 1. The lowest BCUT2D eigenvalue weighted by molar-refractivity contribution is -0.138. The molecule has 1 fully saturated rings. The molecule has 1 aliphatic rings. The summed E-state index contributed by atoms with van der Waals surface area (Å²) in [6.45, 7) is 0.767. The van der Waals surface area contributed by atoms with E-state index in [4.69, 9.17) is 15.9 Å². The van der Waals surface area contributed by atoms with Gasteiger partial charge in [-0.05, 0) is 37.3 Å². The Labute approximate surface area is 244 Å². The minimum atomic E-state index is -1.91. The molecular formula is C29H30FN5O4S2. The van der Waals surface area contributed by atoms with Crippen LogP contribution in [0.4, 0.5) is 4.39 Å². The number of nitrogens with two attached hydrogens (primary N) is 1. The predicted octanol–water partition coefficient (Wildman–Crippen LogP) is 3.96. The first-order chi connectivity index (χ1) is 19.6. The summed E-state index contributed by atoms with van der Waals surface area (Å²) in [4.78, 5) is 41.5. The van der Waals surface area contributed by atoms with Crippen LogP contribution in [0.2, 0.25) is 0 Å². The molecule has 0 bridgehead atoms. The van der Waals surface area contributed by atoms with Gasteiger partial charge in [0.05, 0.1) is 25.7 Å². The van der Waals surface area contributed by atoms with Gasteiger partial charge in [-0.1, -0.05) is 18.2 Å². The molecule has 41 heavy (non-hydrogen) atoms. The third-order valence-corrected chi connectivity index (χ3v) is 9.44. The maximum atomic E-state index is 15.6. The molecule has 12 heteroatoms. The summed E-state index contributed by atoms with van der Waals surface area (Å²) in [5, 5.41) is 16.8. The highest BCUT2D eigenvalue weighted by molar-refractivity contribution is 7.25. The Morgan fingerprint density at radius 2 is 1.93 bits per heavy atom. The van der Waals surface area contributed by atoms with Crippen LogP contribution in [0.5, 0.6) is 0 Å². The molecule has 3 atom stereocenters. The third kappa shape index (κ3) is 5.95. The van der Waals surface area contributed by atoms with Gasteiger partial charge in [0.25, 0.3) is 5.91 Å². The summed E-state index contributed by atoms with van der Waals surface area (Å²) in [6, 6.07) is 13.5. The van der Waals surface area contributed by atoms with Gasteiger partial charge in [-0.15, -0.1) is 22.7 Å². The van der Waals surface area contributed by atoms with Crippen LogP contribution in [-0.2, 0) is 14.3 Å². The number of carbonyl (C=O) groups excluding carboxylic acids is 3. The average Bonchev–Trinajstić information content (AvgIpc) is 3.67. The molecule has 5 rings (SSSR count). The standard InChI is InChI=1S/C29H30FN5O4S2/c1-16(24-10-18(13-40-24)26(31)32)34-28(38)21-11-29(30,15-39-2)14-35(21)25(36)12-33-27(37)17-7-8-23-20(9-17)19-5-3-4-6-22(19)41-23/h3-10,13,16,21H,11-12,14-15H2,1-2H3,(H3,31,32)(H,33,37)(H,34,38)/t16-,21?,29-/m1/s1. The highest BCUT2D eigenvalue weighted by atomic mass is 32.1. The van der Waals surface area contributed by atoms with E-state index in [2.05, 4.69) is 10.6 Å². The maximum absolute atomic E-state index is 15.6. The smallest absolute Gasteiger partial charge is 0.251 e. The van der Waals surface area contributed by atoms with E-state index in [0.29, 0.717) is 11.1 Å². The van der Waals surface area contributed by atoms with Crippen molar-refractivity contribution in [3.05, 3.63) is 69.9 Å². The summed E-state index contributed by atoms with van der Waals surface area (Å²) >= 11 is 2.98. The minimum Gasteiger partial charge on any atom is -0.384 e. The van der Waals surface area contributed by atoms with E-state index in [9.17, 15) is 14.4 Å². The van der Waals surface area contributed by atoms with Crippen molar-refractivity contribution in [3.63, 3.8) is 0 Å². The lowest BCUT2D eigenvalue weighted by Crippen LogP contribution is -2.49. The number of hydrogen-bond donors (Lipinski definition) is 4. The summed E-state index contributed by atoms with van der Waals surface area (Å²) in [6.07, 6.45) is -0.232. The number of fused-ring (bicyclic) bond motifs is 3. The summed E-state index contributed by atoms with van der Waals surface area (Å²) < 4.78 is 22.8. The first-order valence-electron chi connectivity index (χ1n) is 13.0. The second-order valence-corrected chi connectivity index (χ2v) is 12.2. The zero-order chi connectivity index (χ0) is 29.3. The SMILES string of the molecule is COC[C@@]1(F)CC(C(=O)N[C@H](C)c2cc(C(=N)N)cs2)N(C(=O)CNC(=O)c2ccc3sc4ccccc4c3c2)C1. The van der Waals surface area contributed by atoms with Crippen molar-refractivity contribution in [1.82, 2.24) is 15.5 Å². The van der Waals surface area contributed by atoms with Crippen molar-refractivity contribution in [2.75, 3.05) is 26.8 Å². The highest BCUT2D eigenvalue weighted by Gasteiger charge is 2.49. The number of amides is 3. The number of nitrogens with one attached hydrogen (secondary N) is 3. The van der Waals surface area contributed by atoms with E-state index in [0.717, 1.165) is 25.0 Å². The number of amidine groups is 1. The molecule has 214 valence electrons. The van der Waals surface area contributed by atoms with Crippen molar-refractivity contribution in [1.29, 1.82) is 5.41 Å². The molecule has 2 aromatic heterocycles. The number of carbonyl (C=O) groups is 3. The number of benzene rings is 2. The van der Waals surface area contributed by atoms with E-state index >= 15 is 4.39 Å². The van der Waals surface area contributed by atoms with Crippen LogP contribution in [0.1, 0.15) is 40.2 Å². The number of likely N-dealkylation sites (tertiary alicyclic amines) is 1. The first kappa shape index (κ1) is 28.7. The fourth-order valence-corrected chi connectivity index (χ4v) is 7.13. The Morgan fingerprint density at radius 3 is 2.66 bits per heavy atom. The molecule has 5 N–H and O–H groups in total. The molecule has 0 spiro atoms. The Bertz CT molecular complexity index is 1650. The molecule has 2 aromatic carbocycles. The molecule has 1 aliphatic heterocycles. The van der Waals surface area contributed by atoms with Crippen LogP contribution in [0.25, 0.3) is 20.2 Å². The van der Waals surface area contributed by atoms with Crippen LogP contribution >= 0.6 is 22.7 Å². The molecule has 4 aromatic rings. The monoisotopic (exact) mass is 595 g/mol. The molecule has 0 radical (unpaired) electrons. The molecule has 9 nitrogen and oxygen atoms in total. The molecule has 0 aliphatic carbocycles. The number of methoxy groups -OCH3 is 1. The zero-order valence-corrected chi connectivity index (χ0v) is 24.2. The molecule has 1 unspecified atom stereocenters. The Morgan fingerprint density at radius 1 is 1.17 bits per heavy atom. The van der Waals surface area contributed by atoms with Crippen LogP contribution < -0.4 is 16.4 Å². The molecule has 1 saturated heterocycles. The number of ether oxygens (including phenoxy) is 1. The lowest BCUT2D eigenvalue weighted by atomic mass is 10.0. The number of halogens is 1. The minimum absolute atomic E-state index is 0.0778. The largest absolute Gasteiger partial charge is 0.384 e. The van der Waals surface area contributed by atoms with E-state index in [1.54, 1.807) is 41.8 Å². The van der Waals surface area contributed by atoms with Crippen molar-refractivity contribution in [2.24, 2.45) is 5.73 Å². The second-order valence-electron chi connectivity index (χ2n) is 10.2. The predicted molar refractivity (Wildman–Crippen MR) is 159 cm³/mol. The quantitative estimate of drug-likeness (QED) is 0.171. The number of hydrogen-bond acceptors (Lipinski definition) is 7. The fourth-order valence-electron chi connectivity index (χ4n) is 5.12. The van der Waals surface area contributed by atoms with E-state index in [1.807, 2.05) is 30.3 Å². The molecular weight excluding hydrogens is 565 g/mol. The summed E-state index contributed by atoms with van der Waals surface area (Å²) in [7, 11) is 1.36. The summed E-state index contributed by atoms with van der Waals surface area (Å²) in [5.74, 6) is -1.60. The fraction of sp³-hybridized carbons (Fsp3) is 0.310. The topological polar surface area (TPSA) is 138 Å². The summed E-state index contributed by atoms with van der Waals surface area (Å²) in [5.41, 5.74) is 4.59. The van der Waals surface area contributed by atoms with Gasteiger partial charge in [-0.25, -0.2) is 4.39 Å². The van der Waals surface area contributed by atoms with Crippen molar-refractivity contribution in [3.8, 4) is 0 Å². The lowest BCUT2D eigenvalue weighted by Gasteiger charge is -2.25. The highest BCUT2D eigenvalue weighted by Crippen LogP contribution is 2.34. The maximum Gasteiger partial charge on any atom is 0.251 e. The van der Waals surface area contributed by atoms with Gasteiger partial charge in [0.2, 0.25) is 11.8 Å². The zero-order valence-electron chi connectivity index (χ0n) is 22.5. The van der Waals surface area contributed by atoms with Gasteiger partial charge in [0.15, 0.2) is 5.67 Å². The van der Waals surface area contributed by atoms with Gasteiger partial charge in [0, 0.05) is 55.1 Å². The first-order valence-corrected chi connectivity index (χ1v) is 14.7. The van der Waals surface area contributed by atoms with Gasteiger partial charge >= 0.3 is 0 Å². The Hall–Kier alpha value is -3.87. The number of rotatable bonds is 9. The average molecular weight is 596 g/mol. The van der Waals surface area contributed by atoms with E-state index < -0.39 is 42.0 Å². The molecule has 0 saturated carbocycles. The Balaban J connectivity index is 1.28. The van der Waals surface area contributed by atoms with Crippen molar-refractivity contribution in [2.45, 2.75) is 31.1 Å².